The molecule has 0 aliphatic carbocycles. The number of rotatable bonds is 8. The highest BCUT2D eigenvalue weighted by Gasteiger charge is 2.36. The molecule has 10 nitrogen and oxygen atoms in total. The molecule has 0 spiro atoms. The van der Waals surface area contributed by atoms with Gasteiger partial charge in [-0.15, -0.1) is 12.4 Å². The largest absolute Gasteiger partial charge is 0.485 e. The van der Waals surface area contributed by atoms with Crippen LogP contribution in [0.5, 0.6) is 5.75 Å². The van der Waals surface area contributed by atoms with Crippen molar-refractivity contribution in [1.82, 2.24) is 19.6 Å². The van der Waals surface area contributed by atoms with Gasteiger partial charge in [0.25, 0.3) is 11.8 Å². The SMILES string of the molecule is Cc1nc2c(OCc3c(Cl)ccc(N(C)C(=O)CNC(=O)CN4C(=O)c5ccccc5C4=O)c3Cl)cccn2c1Br.Cl. The minimum atomic E-state index is -0.660. The Bertz CT molecular complexity index is 1710. The average molecular weight is 696 g/mol. The third-order valence-electron chi connectivity index (χ3n) is 6.60. The lowest BCUT2D eigenvalue weighted by Crippen LogP contribution is -2.44. The van der Waals surface area contributed by atoms with E-state index in [1.807, 2.05) is 23.6 Å². The maximum atomic E-state index is 12.9. The van der Waals surface area contributed by atoms with Crippen LogP contribution in [0.25, 0.3) is 5.65 Å². The van der Waals surface area contributed by atoms with Gasteiger partial charge in [0, 0.05) is 23.8 Å². The van der Waals surface area contributed by atoms with Gasteiger partial charge in [-0.1, -0.05) is 35.3 Å². The topological polar surface area (TPSA) is 113 Å². The molecule has 0 saturated carbocycles. The Labute approximate surface area is 265 Å². The number of hydrogen-bond acceptors (Lipinski definition) is 6. The first-order chi connectivity index (χ1) is 19.6. The van der Waals surface area contributed by atoms with Crippen molar-refractivity contribution in [3.05, 3.63) is 91.8 Å². The van der Waals surface area contributed by atoms with Crippen molar-refractivity contribution < 1.29 is 23.9 Å². The second kappa shape index (κ2) is 12.7. The minimum absolute atomic E-state index is 0. The van der Waals surface area contributed by atoms with Gasteiger partial charge in [-0.25, -0.2) is 4.98 Å². The number of pyridine rings is 1. The zero-order chi connectivity index (χ0) is 29.4. The highest BCUT2D eigenvalue weighted by atomic mass is 79.9. The summed E-state index contributed by atoms with van der Waals surface area (Å²) in [5.41, 5.74) is 2.71. The Morgan fingerprint density at radius 1 is 1.05 bits per heavy atom. The number of halogens is 4. The molecule has 0 unspecified atom stereocenters. The minimum Gasteiger partial charge on any atom is -0.485 e. The number of nitrogens with zero attached hydrogens (tertiary/aromatic N) is 4. The molecule has 1 aliphatic rings. The predicted molar refractivity (Wildman–Crippen MR) is 164 cm³/mol. The van der Waals surface area contributed by atoms with Crippen molar-refractivity contribution in [2.75, 3.05) is 25.0 Å². The fourth-order valence-electron chi connectivity index (χ4n) is 4.38. The quantitative estimate of drug-likeness (QED) is 0.257. The van der Waals surface area contributed by atoms with E-state index in [2.05, 4.69) is 26.2 Å². The van der Waals surface area contributed by atoms with Gasteiger partial charge in [0.2, 0.25) is 11.8 Å². The number of aromatic nitrogens is 2. The number of amides is 4. The summed E-state index contributed by atoms with van der Waals surface area (Å²) in [6, 6.07) is 13.1. The number of aryl methyl sites for hydroxylation is 1. The molecule has 0 radical (unpaired) electrons. The molecule has 0 saturated heterocycles. The number of imidazole rings is 1. The number of anilines is 1. The number of ether oxygens (including phenoxy) is 1. The molecule has 4 aromatic rings. The van der Waals surface area contributed by atoms with Gasteiger partial charge in [0.05, 0.1) is 34.1 Å². The number of carbonyl (C=O) groups is 4. The summed E-state index contributed by atoms with van der Waals surface area (Å²) in [6.45, 7) is 0.983. The predicted octanol–water partition coefficient (Wildman–Crippen LogP) is 5.09. The van der Waals surface area contributed by atoms with Crippen LogP contribution in [0, 0.1) is 6.92 Å². The molecule has 14 heteroatoms. The molecule has 0 atom stereocenters. The van der Waals surface area contributed by atoms with Crippen LogP contribution in [0.3, 0.4) is 0 Å². The highest BCUT2D eigenvalue weighted by molar-refractivity contribution is 9.10. The summed E-state index contributed by atoms with van der Waals surface area (Å²) in [5, 5.41) is 3.02. The second-order valence-electron chi connectivity index (χ2n) is 9.17. The number of carbonyl (C=O) groups excluding carboxylic acids is 4. The lowest BCUT2D eigenvalue weighted by Gasteiger charge is -2.21. The fourth-order valence-corrected chi connectivity index (χ4v) is 5.36. The first-order valence-electron chi connectivity index (χ1n) is 12.3. The third-order valence-corrected chi connectivity index (χ3v) is 8.34. The van der Waals surface area contributed by atoms with Crippen LogP contribution < -0.4 is 15.0 Å². The molecule has 1 N–H and O–H groups in total. The van der Waals surface area contributed by atoms with Crippen LogP contribution in [0.4, 0.5) is 5.69 Å². The molecule has 42 heavy (non-hydrogen) atoms. The van der Waals surface area contributed by atoms with E-state index in [-0.39, 0.29) is 41.7 Å². The normalized spacial score (nSPS) is 12.3. The van der Waals surface area contributed by atoms with Crippen LogP contribution in [0.2, 0.25) is 10.0 Å². The van der Waals surface area contributed by atoms with Crippen molar-refractivity contribution in [1.29, 1.82) is 0 Å². The van der Waals surface area contributed by atoms with E-state index < -0.39 is 30.2 Å². The van der Waals surface area contributed by atoms with Crippen LogP contribution >= 0.6 is 51.5 Å². The number of likely N-dealkylation sites (N-methyl/N-ethyl adjacent to an activating group) is 1. The van der Waals surface area contributed by atoms with E-state index >= 15 is 0 Å². The Morgan fingerprint density at radius 2 is 1.71 bits per heavy atom. The second-order valence-corrected chi connectivity index (χ2v) is 10.7. The van der Waals surface area contributed by atoms with E-state index in [1.165, 1.54) is 24.1 Å². The van der Waals surface area contributed by atoms with Gasteiger partial charge in [-0.3, -0.25) is 28.5 Å². The van der Waals surface area contributed by atoms with Crippen molar-refractivity contribution in [3.63, 3.8) is 0 Å². The van der Waals surface area contributed by atoms with Gasteiger partial charge < -0.3 is 15.0 Å². The molecular formula is C28H23BrCl3N5O5. The molecule has 3 heterocycles. The lowest BCUT2D eigenvalue weighted by molar-refractivity contribution is -0.125. The number of benzene rings is 2. The van der Waals surface area contributed by atoms with Crippen LogP contribution in [-0.4, -0.2) is 58.1 Å². The van der Waals surface area contributed by atoms with Crippen LogP contribution in [0.1, 0.15) is 32.0 Å². The molecule has 5 rings (SSSR count). The Balaban J connectivity index is 0.00000405. The molecular weight excluding hydrogens is 673 g/mol. The molecule has 1 aliphatic heterocycles. The maximum absolute atomic E-state index is 12.9. The summed E-state index contributed by atoms with van der Waals surface area (Å²) in [4.78, 5) is 57.1. The van der Waals surface area contributed by atoms with Crippen LogP contribution in [0.15, 0.2) is 59.3 Å². The Hall–Kier alpha value is -3.64. The average Bonchev–Trinajstić information content (AvgIpc) is 3.39. The smallest absolute Gasteiger partial charge is 0.262 e. The van der Waals surface area contributed by atoms with E-state index in [1.54, 1.807) is 30.3 Å². The first kappa shape index (κ1) is 31.3. The van der Waals surface area contributed by atoms with E-state index in [4.69, 9.17) is 27.9 Å². The van der Waals surface area contributed by atoms with Crippen molar-refractivity contribution in [3.8, 4) is 5.75 Å². The van der Waals surface area contributed by atoms with E-state index in [9.17, 15) is 19.2 Å². The molecule has 218 valence electrons. The summed E-state index contributed by atoms with van der Waals surface area (Å²) in [7, 11) is 1.50. The van der Waals surface area contributed by atoms with Gasteiger partial charge in [-0.2, -0.15) is 0 Å². The molecule has 2 aromatic heterocycles. The number of fused-ring (bicyclic) bond motifs is 2. The zero-order valence-electron chi connectivity index (χ0n) is 22.2. The number of nitrogens with one attached hydrogen (secondary N) is 1. The molecule has 0 bridgehead atoms. The van der Waals surface area contributed by atoms with Gasteiger partial charge in [-0.05, 0) is 59.3 Å². The fraction of sp³-hybridized carbons (Fsp3) is 0.179. The Morgan fingerprint density at radius 3 is 2.38 bits per heavy atom. The lowest BCUT2D eigenvalue weighted by atomic mass is 10.1. The summed E-state index contributed by atoms with van der Waals surface area (Å²) in [5.74, 6) is -1.74. The molecule has 4 amide bonds. The monoisotopic (exact) mass is 693 g/mol. The van der Waals surface area contributed by atoms with E-state index in [0.717, 1.165) is 15.2 Å². The standard InChI is InChI=1S/C28H22BrCl2N5O5.ClH/c1-15-25(29)35-11-5-8-21(26(35)33-15)41-14-18-19(30)9-10-20(24(18)31)34(2)23(38)12-32-22(37)13-36-27(39)16-6-3-4-7-17(16)28(36)40;/h3-11H,12-14H2,1-2H3,(H,32,37);1H. The zero-order valence-corrected chi connectivity index (χ0v) is 26.1. The molecule has 0 fully saturated rings. The van der Waals surface area contributed by atoms with Gasteiger partial charge in [0.15, 0.2) is 11.4 Å². The van der Waals surface area contributed by atoms with Gasteiger partial charge in [0.1, 0.15) is 17.8 Å². The Kier molecular flexibility index (Phi) is 9.47. The van der Waals surface area contributed by atoms with Crippen molar-refractivity contribution >= 4 is 86.5 Å². The van der Waals surface area contributed by atoms with E-state index in [0.29, 0.717) is 27.7 Å². The first-order valence-corrected chi connectivity index (χ1v) is 13.8. The summed E-state index contributed by atoms with van der Waals surface area (Å²) >= 11 is 16.6. The van der Waals surface area contributed by atoms with Crippen molar-refractivity contribution in [2.45, 2.75) is 13.5 Å². The maximum Gasteiger partial charge on any atom is 0.262 e. The summed E-state index contributed by atoms with van der Waals surface area (Å²) in [6.07, 6.45) is 1.85. The highest BCUT2D eigenvalue weighted by Crippen LogP contribution is 2.35. The number of hydrogen-bond donors (Lipinski definition) is 1. The third kappa shape index (κ3) is 5.82. The van der Waals surface area contributed by atoms with Crippen LogP contribution in [-0.2, 0) is 16.2 Å². The van der Waals surface area contributed by atoms with Crippen molar-refractivity contribution in [2.24, 2.45) is 0 Å². The van der Waals surface area contributed by atoms with Gasteiger partial charge >= 0.3 is 0 Å². The molecule has 2 aromatic carbocycles. The number of imide groups is 1. The summed E-state index contributed by atoms with van der Waals surface area (Å²) < 4.78 is 8.68.